The van der Waals surface area contributed by atoms with Crippen LogP contribution in [0.3, 0.4) is 0 Å². The van der Waals surface area contributed by atoms with Gasteiger partial charge in [0.25, 0.3) is 10.0 Å². The number of sulfonamides is 1. The normalized spacial score (nSPS) is 17.3. The number of pyridine rings is 1. The summed E-state index contributed by atoms with van der Waals surface area (Å²) in [7, 11) is -4.50. The highest BCUT2D eigenvalue weighted by Crippen LogP contribution is 2.22. The maximum Gasteiger partial charge on any atom is 0.354 e. The summed E-state index contributed by atoms with van der Waals surface area (Å²) in [5.74, 6) is -4.00. The molecule has 0 bridgehead atoms. The maximum atomic E-state index is 12.5. The molecule has 1 fully saturated rings. The van der Waals surface area contributed by atoms with Gasteiger partial charge in [0, 0.05) is 19.6 Å². The van der Waals surface area contributed by atoms with Crippen molar-refractivity contribution in [2.24, 2.45) is 5.92 Å². The molecule has 0 radical (unpaired) electrons. The third-order valence-electron chi connectivity index (χ3n) is 3.70. The zero-order valence-corrected chi connectivity index (χ0v) is 13.0. The van der Waals surface area contributed by atoms with E-state index in [9.17, 15) is 22.0 Å². The van der Waals surface area contributed by atoms with Crippen molar-refractivity contribution in [2.45, 2.75) is 18.6 Å². The number of carbonyl (C=O) groups is 1. The van der Waals surface area contributed by atoms with E-state index >= 15 is 0 Å². The average molecular weight is 349 g/mol. The van der Waals surface area contributed by atoms with Crippen molar-refractivity contribution in [3.8, 4) is 0 Å². The largest absolute Gasteiger partial charge is 0.477 e. The molecule has 0 saturated carbocycles. The van der Waals surface area contributed by atoms with Crippen LogP contribution in [0.5, 0.6) is 0 Å². The van der Waals surface area contributed by atoms with Gasteiger partial charge in [-0.25, -0.2) is 18.2 Å². The lowest BCUT2D eigenvalue weighted by Crippen LogP contribution is -2.42. The number of halogens is 2. The molecule has 10 heteroatoms. The van der Waals surface area contributed by atoms with E-state index in [1.165, 1.54) is 6.07 Å². The van der Waals surface area contributed by atoms with E-state index in [1.54, 1.807) is 12.1 Å². The van der Waals surface area contributed by atoms with Gasteiger partial charge >= 0.3 is 11.7 Å². The van der Waals surface area contributed by atoms with E-state index < -0.39 is 21.8 Å². The van der Waals surface area contributed by atoms with Crippen molar-refractivity contribution in [1.29, 1.82) is 0 Å². The molecule has 2 N–H and O–H groups in total. The fourth-order valence-electron chi connectivity index (χ4n) is 2.38. The SMILES string of the molecule is O=C(O)c1cccc(NCC2CCN(S(=O)(=O)C(F)F)CC2)n1. The number of piperidine rings is 1. The molecule has 0 unspecified atom stereocenters. The van der Waals surface area contributed by atoms with E-state index in [4.69, 9.17) is 5.11 Å². The summed E-state index contributed by atoms with van der Waals surface area (Å²) >= 11 is 0. The summed E-state index contributed by atoms with van der Waals surface area (Å²) in [5, 5.41) is 11.9. The number of hydrogen-bond donors (Lipinski definition) is 2. The highest BCUT2D eigenvalue weighted by molar-refractivity contribution is 7.89. The van der Waals surface area contributed by atoms with Gasteiger partial charge in [-0.1, -0.05) is 6.07 Å². The van der Waals surface area contributed by atoms with E-state index in [-0.39, 0.29) is 24.7 Å². The summed E-state index contributed by atoms with van der Waals surface area (Å²) in [4.78, 5) is 14.7. The Morgan fingerprint density at radius 2 is 2.04 bits per heavy atom. The van der Waals surface area contributed by atoms with Gasteiger partial charge in [0.05, 0.1) is 0 Å². The highest BCUT2D eigenvalue weighted by atomic mass is 32.2. The number of aromatic nitrogens is 1. The van der Waals surface area contributed by atoms with Crippen LogP contribution in [0.25, 0.3) is 0 Å². The number of aromatic carboxylic acids is 1. The van der Waals surface area contributed by atoms with Gasteiger partial charge in [-0.05, 0) is 30.9 Å². The number of hydrogen-bond acceptors (Lipinski definition) is 5. The molecule has 2 heterocycles. The van der Waals surface area contributed by atoms with Crippen LogP contribution < -0.4 is 5.32 Å². The predicted octanol–water partition coefficient (Wildman–Crippen LogP) is 1.46. The van der Waals surface area contributed by atoms with Crippen LogP contribution in [0.15, 0.2) is 18.2 Å². The molecule has 1 saturated heterocycles. The summed E-state index contributed by atoms with van der Waals surface area (Å²) in [6.07, 6.45) is 0.912. The minimum atomic E-state index is -4.50. The Hall–Kier alpha value is -1.81. The smallest absolute Gasteiger partial charge is 0.354 e. The van der Waals surface area contributed by atoms with Gasteiger partial charge in [0.2, 0.25) is 0 Å². The number of anilines is 1. The Morgan fingerprint density at radius 3 is 2.61 bits per heavy atom. The number of rotatable bonds is 6. The van der Waals surface area contributed by atoms with Gasteiger partial charge in [0.15, 0.2) is 5.69 Å². The first-order chi connectivity index (χ1) is 10.8. The van der Waals surface area contributed by atoms with E-state index in [1.807, 2.05) is 0 Å². The van der Waals surface area contributed by atoms with Crippen LogP contribution >= 0.6 is 0 Å². The lowest BCUT2D eigenvalue weighted by Gasteiger charge is -2.31. The number of alkyl halides is 2. The molecule has 1 aliphatic rings. The van der Waals surface area contributed by atoms with E-state index in [0.717, 1.165) is 4.31 Å². The first-order valence-electron chi connectivity index (χ1n) is 7.02. The lowest BCUT2D eigenvalue weighted by atomic mass is 9.98. The van der Waals surface area contributed by atoms with Gasteiger partial charge in [0.1, 0.15) is 5.82 Å². The second kappa shape index (κ2) is 7.18. The Bertz CT molecular complexity index is 661. The molecule has 0 spiro atoms. The Labute approximate surface area is 132 Å². The minimum Gasteiger partial charge on any atom is -0.477 e. The van der Waals surface area contributed by atoms with Crippen LogP contribution in [-0.4, -0.2) is 54.2 Å². The van der Waals surface area contributed by atoms with Gasteiger partial charge in [-0.3, -0.25) is 0 Å². The van der Waals surface area contributed by atoms with Crippen LogP contribution in [0.2, 0.25) is 0 Å². The topological polar surface area (TPSA) is 99.6 Å². The van der Waals surface area contributed by atoms with Gasteiger partial charge in [-0.15, -0.1) is 0 Å². The third kappa shape index (κ3) is 4.35. The van der Waals surface area contributed by atoms with Crippen molar-refractivity contribution in [1.82, 2.24) is 9.29 Å². The first-order valence-corrected chi connectivity index (χ1v) is 8.52. The zero-order chi connectivity index (χ0) is 17.0. The monoisotopic (exact) mass is 349 g/mol. The van der Waals surface area contributed by atoms with Crippen molar-refractivity contribution in [2.75, 3.05) is 25.0 Å². The molecule has 2 rings (SSSR count). The molecule has 1 aliphatic heterocycles. The lowest BCUT2D eigenvalue weighted by molar-refractivity contribution is 0.0690. The van der Waals surface area contributed by atoms with Crippen molar-refractivity contribution >= 4 is 21.8 Å². The third-order valence-corrected chi connectivity index (χ3v) is 5.23. The summed E-state index contributed by atoms with van der Waals surface area (Å²) in [5.41, 5.74) is -0.0761. The highest BCUT2D eigenvalue weighted by Gasteiger charge is 2.34. The van der Waals surface area contributed by atoms with Crippen molar-refractivity contribution in [3.05, 3.63) is 23.9 Å². The van der Waals surface area contributed by atoms with Crippen molar-refractivity contribution < 1.29 is 27.1 Å². The fraction of sp³-hybridized carbons (Fsp3) is 0.538. The quantitative estimate of drug-likeness (QED) is 0.806. The Kier molecular flexibility index (Phi) is 5.47. The van der Waals surface area contributed by atoms with Crippen molar-refractivity contribution in [3.63, 3.8) is 0 Å². The molecular weight excluding hydrogens is 332 g/mol. The average Bonchev–Trinajstić information content (AvgIpc) is 2.53. The number of carboxylic acid groups (broad SMARTS) is 1. The Balaban J connectivity index is 1.86. The number of nitrogens with one attached hydrogen (secondary N) is 1. The molecular formula is C13H17F2N3O4S. The Morgan fingerprint density at radius 1 is 1.39 bits per heavy atom. The summed E-state index contributed by atoms with van der Waals surface area (Å²) in [6, 6.07) is 4.57. The van der Waals surface area contributed by atoms with Crippen LogP contribution in [0.4, 0.5) is 14.6 Å². The fourth-order valence-corrected chi connectivity index (χ4v) is 3.33. The summed E-state index contributed by atoms with van der Waals surface area (Å²) < 4.78 is 48.5. The second-order valence-electron chi connectivity index (χ2n) is 5.24. The number of carboxylic acids is 1. The first kappa shape index (κ1) is 17.5. The zero-order valence-electron chi connectivity index (χ0n) is 12.2. The predicted molar refractivity (Wildman–Crippen MR) is 78.9 cm³/mol. The number of nitrogens with zero attached hydrogens (tertiary/aromatic N) is 2. The maximum absolute atomic E-state index is 12.5. The summed E-state index contributed by atoms with van der Waals surface area (Å²) in [6.45, 7) is 0.585. The minimum absolute atomic E-state index is 0.0572. The standard InChI is InChI=1S/C13H17F2N3O4S/c14-13(15)23(21,22)18-6-4-9(5-7-18)8-16-11-3-1-2-10(17-11)12(19)20/h1-3,9,13H,4-8H2,(H,16,17)(H,19,20). The molecule has 0 aromatic carbocycles. The molecule has 128 valence electrons. The molecule has 1 aromatic rings. The van der Waals surface area contributed by atoms with E-state index in [0.29, 0.717) is 25.2 Å². The van der Waals surface area contributed by atoms with Gasteiger partial charge < -0.3 is 10.4 Å². The molecule has 0 atom stereocenters. The second-order valence-corrected chi connectivity index (χ2v) is 7.14. The van der Waals surface area contributed by atoms with Crippen LogP contribution in [0, 0.1) is 5.92 Å². The van der Waals surface area contributed by atoms with Gasteiger partial charge in [-0.2, -0.15) is 13.1 Å². The molecule has 0 amide bonds. The van der Waals surface area contributed by atoms with Crippen LogP contribution in [0.1, 0.15) is 23.3 Å². The van der Waals surface area contributed by atoms with E-state index in [2.05, 4.69) is 10.3 Å². The molecule has 1 aromatic heterocycles. The van der Waals surface area contributed by atoms with Crippen LogP contribution in [-0.2, 0) is 10.0 Å². The molecule has 23 heavy (non-hydrogen) atoms. The molecule has 0 aliphatic carbocycles. The molecule has 7 nitrogen and oxygen atoms in total.